The number of quaternary nitrogens is 3. The Morgan fingerprint density at radius 1 is 0.438 bits per heavy atom. The van der Waals surface area contributed by atoms with Crippen molar-refractivity contribution in [3.8, 4) is 0 Å². The van der Waals surface area contributed by atoms with Gasteiger partial charge in [-0.1, -0.05) is 41.5 Å². The molecule has 0 amide bonds. The summed E-state index contributed by atoms with van der Waals surface area (Å²) in [5.74, 6) is 0. The fourth-order valence-corrected chi connectivity index (χ4v) is 3.97. The zero-order chi connectivity index (χ0) is 26.5. The molecule has 0 heterocycles. The number of phosphoric acid groups is 1. The molecule has 0 unspecified atom stereocenters. The molecule has 0 saturated carbocycles. The minimum atomic E-state index is -5.39. The summed E-state index contributed by atoms with van der Waals surface area (Å²) >= 11 is 0. The molecule has 0 aromatic rings. The summed E-state index contributed by atoms with van der Waals surface area (Å²) in [6.07, 6.45) is 7.79. The summed E-state index contributed by atoms with van der Waals surface area (Å²) < 4.78 is 12.1. The number of rotatable bonds is 12. The van der Waals surface area contributed by atoms with E-state index < -0.39 is 7.82 Å². The van der Waals surface area contributed by atoms with Gasteiger partial charge in [0.2, 0.25) is 0 Å². The maximum Gasteiger partial charge on any atom is 0.0779 e. The van der Waals surface area contributed by atoms with Crippen LogP contribution in [0.5, 0.6) is 0 Å². The van der Waals surface area contributed by atoms with E-state index in [1.54, 1.807) is 0 Å². The molecule has 0 aromatic carbocycles. The summed E-state index contributed by atoms with van der Waals surface area (Å²) in [5, 5.41) is 0. The molecule has 0 saturated heterocycles. The number of hydrogen-bond donors (Lipinski definition) is 0. The summed E-state index contributed by atoms with van der Waals surface area (Å²) in [6, 6.07) is 0. The van der Waals surface area contributed by atoms with Crippen molar-refractivity contribution in [2.45, 2.75) is 80.1 Å². The molecule has 0 fully saturated rings. The van der Waals surface area contributed by atoms with E-state index in [1.807, 2.05) is 0 Å². The standard InChI is InChI=1S/3C8H20N.H3O4P/c3*1-5-7-9(3,4)8-6-2;1-5(2,3)4/h3*5-8H2,1-4H3;(H3,1,2,3,4)/q3*+1;/p-3. The molecule has 0 aromatic heterocycles. The quantitative estimate of drug-likeness (QED) is 0.314. The molecule has 0 N–H and O–H groups in total. The molecule has 0 aliphatic carbocycles. The monoisotopic (exact) mass is 485 g/mol. The van der Waals surface area contributed by atoms with Gasteiger partial charge in [0.05, 0.1) is 81.6 Å². The first-order valence-electron chi connectivity index (χ1n) is 12.6. The molecular weight excluding hydrogens is 425 g/mol. The Kier molecular flexibility index (Phi) is 26.4. The third-order valence-corrected chi connectivity index (χ3v) is 4.97. The second kappa shape index (κ2) is 21.5. The molecule has 0 rings (SSSR count). The second-order valence-corrected chi connectivity index (χ2v) is 11.5. The Morgan fingerprint density at radius 3 is 0.594 bits per heavy atom. The molecule has 200 valence electrons. The van der Waals surface area contributed by atoms with Crippen LogP contribution in [0, 0.1) is 0 Å². The Balaban J connectivity index is -0.000000167. The first-order chi connectivity index (χ1) is 14.4. The minimum Gasteiger partial charge on any atom is -0.822 e. The Labute approximate surface area is 202 Å². The Bertz CT molecular complexity index is 359. The van der Waals surface area contributed by atoms with Crippen molar-refractivity contribution in [3.63, 3.8) is 0 Å². The van der Waals surface area contributed by atoms with Crippen LogP contribution in [0.3, 0.4) is 0 Å². The fourth-order valence-electron chi connectivity index (χ4n) is 3.97. The van der Waals surface area contributed by atoms with Gasteiger partial charge in [0.1, 0.15) is 0 Å². The smallest absolute Gasteiger partial charge is 0.0779 e. The maximum absolute atomic E-state index is 8.55. The predicted octanol–water partition coefficient (Wildman–Crippen LogP) is 2.82. The van der Waals surface area contributed by atoms with Crippen LogP contribution >= 0.6 is 7.82 Å². The average molecular weight is 486 g/mol. The van der Waals surface area contributed by atoms with E-state index in [4.69, 9.17) is 19.2 Å². The summed E-state index contributed by atoms with van der Waals surface area (Å²) in [4.78, 5) is 25.6. The zero-order valence-corrected chi connectivity index (χ0v) is 24.8. The van der Waals surface area contributed by atoms with Crippen molar-refractivity contribution in [3.05, 3.63) is 0 Å². The lowest BCUT2D eigenvalue weighted by atomic mass is 10.3. The predicted molar refractivity (Wildman–Crippen MR) is 135 cm³/mol. The van der Waals surface area contributed by atoms with Gasteiger partial charge < -0.3 is 32.7 Å². The van der Waals surface area contributed by atoms with Crippen LogP contribution in [0.4, 0.5) is 0 Å². The molecule has 0 atom stereocenters. The highest BCUT2D eigenvalue weighted by Crippen LogP contribution is 2.03. The number of hydrogen-bond acceptors (Lipinski definition) is 4. The van der Waals surface area contributed by atoms with Crippen LogP contribution in [0.15, 0.2) is 0 Å². The normalized spacial score (nSPS) is 12.0. The lowest BCUT2D eigenvalue weighted by Gasteiger charge is -2.36. The summed E-state index contributed by atoms with van der Waals surface area (Å²) in [6.45, 7) is 21.4. The van der Waals surface area contributed by atoms with Crippen molar-refractivity contribution in [2.75, 3.05) is 81.6 Å². The molecule has 0 aliphatic rings. The third kappa shape index (κ3) is 43.8. The van der Waals surface area contributed by atoms with Gasteiger partial charge in [0.15, 0.2) is 0 Å². The third-order valence-electron chi connectivity index (χ3n) is 4.97. The Morgan fingerprint density at radius 2 is 0.531 bits per heavy atom. The fraction of sp³-hybridized carbons (Fsp3) is 1.00. The van der Waals surface area contributed by atoms with Crippen molar-refractivity contribution in [1.82, 2.24) is 0 Å². The van der Waals surface area contributed by atoms with Gasteiger partial charge >= 0.3 is 0 Å². The maximum atomic E-state index is 8.55. The molecule has 32 heavy (non-hydrogen) atoms. The molecule has 0 radical (unpaired) electrons. The van der Waals surface area contributed by atoms with E-state index in [9.17, 15) is 0 Å². The molecule has 0 bridgehead atoms. The first kappa shape index (κ1) is 39.2. The van der Waals surface area contributed by atoms with Crippen LogP contribution in [-0.4, -0.2) is 95.0 Å². The lowest BCUT2D eigenvalue weighted by Crippen LogP contribution is -2.40. The van der Waals surface area contributed by atoms with E-state index in [0.717, 1.165) is 0 Å². The molecule has 8 heteroatoms. The van der Waals surface area contributed by atoms with Crippen molar-refractivity contribution in [1.29, 1.82) is 0 Å². The highest BCUT2D eigenvalue weighted by atomic mass is 31.2. The van der Waals surface area contributed by atoms with Crippen LogP contribution < -0.4 is 14.7 Å². The van der Waals surface area contributed by atoms with Crippen LogP contribution in [0.1, 0.15) is 80.1 Å². The van der Waals surface area contributed by atoms with E-state index in [-0.39, 0.29) is 0 Å². The average Bonchev–Trinajstić information content (AvgIpc) is 2.53. The first-order valence-corrected chi connectivity index (χ1v) is 14.0. The van der Waals surface area contributed by atoms with Gasteiger partial charge in [-0.3, -0.25) is 0 Å². The largest absolute Gasteiger partial charge is 0.822 e. The van der Waals surface area contributed by atoms with E-state index in [0.29, 0.717) is 0 Å². The van der Waals surface area contributed by atoms with Gasteiger partial charge in [0, 0.05) is 0 Å². The van der Waals surface area contributed by atoms with Crippen LogP contribution in [0.25, 0.3) is 0 Å². The highest BCUT2D eigenvalue weighted by molar-refractivity contribution is 7.40. The van der Waals surface area contributed by atoms with E-state index >= 15 is 0 Å². The summed E-state index contributed by atoms with van der Waals surface area (Å²) in [7, 11) is 8.40. The SMILES string of the molecule is CCC[N+](C)(C)CCC.CCC[N+](C)(C)CCC.CCC[N+](C)(C)CCC.O=P([O-])([O-])[O-]. The molecule has 0 aliphatic heterocycles. The highest BCUT2D eigenvalue weighted by Gasteiger charge is 2.11. The van der Waals surface area contributed by atoms with Gasteiger partial charge in [0.25, 0.3) is 0 Å². The van der Waals surface area contributed by atoms with Gasteiger partial charge in [-0.25, -0.2) is 0 Å². The second-order valence-electron chi connectivity index (χ2n) is 10.6. The molecule has 0 spiro atoms. The van der Waals surface area contributed by atoms with Crippen LogP contribution in [-0.2, 0) is 4.57 Å². The lowest BCUT2D eigenvalue weighted by molar-refractivity contribution is -0.890. The Hall–Kier alpha value is -0.0100. The zero-order valence-electron chi connectivity index (χ0n) is 23.9. The number of nitrogens with zero attached hydrogens (tertiary/aromatic N) is 3. The van der Waals surface area contributed by atoms with Crippen LogP contribution in [0.2, 0.25) is 0 Å². The van der Waals surface area contributed by atoms with Crippen molar-refractivity contribution in [2.24, 2.45) is 0 Å². The minimum absolute atomic E-state index is 1.19. The van der Waals surface area contributed by atoms with Gasteiger partial charge in [-0.15, -0.1) is 0 Å². The van der Waals surface area contributed by atoms with Gasteiger partial charge in [-0.2, -0.15) is 7.82 Å². The van der Waals surface area contributed by atoms with Gasteiger partial charge in [-0.05, 0) is 38.5 Å². The summed E-state index contributed by atoms with van der Waals surface area (Å²) in [5.41, 5.74) is 0. The molecule has 7 nitrogen and oxygen atoms in total. The van der Waals surface area contributed by atoms with E-state index in [1.165, 1.54) is 91.2 Å². The van der Waals surface area contributed by atoms with E-state index in [2.05, 4.69) is 83.8 Å². The topological polar surface area (TPSA) is 86.2 Å². The van der Waals surface area contributed by atoms with Crippen molar-refractivity contribution >= 4 is 7.82 Å². The molecular formula is C24H60N3O4P. The van der Waals surface area contributed by atoms with Crippen molar-refractivity contribution < 1.29 is 32.7 Å².